The summed E-state index contributed by atoms with van der Waals surface area (Å²) in [4.78, 5) is 10.5. The number of nitrogens with zero attached hydrogens (tertiary/aromatic N) is 1. The maximum atomic E-state index is 10.8. The molecule has 106 valence electrons. The molecule has 1 rings (SSSR count). The Morgan fingerprint density at radius 1 is 1.26 bits per heavy atom. The van der Waals surface area contributed by atoms with Gasteiger partial charge in [-0.15, -0.1) is 0 Å². The molecule has 0 aliphatic heterocycles. The molecule has 6 heteroatoms. The summed E-state index contributed by atoms with van der Waals surface area (Å²) in [6, 6.07) is 6.86. The number of aliphatic hydroxyl groups excluding tert-OH is 1. The van der Waals surface area contributed by atoms with Crippen LogP contribution < -0.4 is 5.32 Å². The smallest absolute Gasteiger partial charge is 0.272 e. The van der Waals surface area contributed by atoms with E-state index in [-0.39, 0.29) is 17.2 Å². The Balaban J connectivity index is 2.17. The van der Waals surface area contributed by atoms with E-state index in [1.165, 1.54) is 0 Å². The monoisotopic (exact) mass is 284 g/mol. The lowest BCUT2D eigenvalue weighted by atomic mass is 10.1. The molecule has 0 amide bonds. The molecule has 0 unspecified atom stereocenters. The standard InChI is InChI=1S/C13H20N2O3S/c16-9-3-10-19-11-8-14-7-6-12-4-1-2-5-13(12)15(17)18/h1-2,4-5,14,16H,3,6-11H2. The van der Waals surface area contributed by atoms with Crippen LogP contribution in [-0.4, -0.2) is 41.2 Å². The van der Waals surface area contributed by atoms with Gasteiger partial charge in [-0.3, -0.25) is 10.1 Å². The second-order valence-electron chi connectivity index (χ2n) is 4.08. The van der Waals surface area contributed by atoms with Gasteiger partial charge in [0, 0.05) is 30.5 Å². The van der Waals surface area contributed by atoms with Crippen molar-refractivity contribution in [2.24, 2.45) is 0 Å². The normalized spacial score (nSPS) is 10.6. The van der Waals surface area contributed by atoms with Gasteiger partial charge in [0.1, 0.15) is 0 Å². The van der Waals surface area contributed by atoms with E-state index in [9.17, 15) is 10.1 Å². The van der Waals surface area contributed by atoms with Gasteiger partial charge in [-0.1, -0.05) is 18.2 Å². The number of nitro groups is 1. The Morgan fingerprint density at radius 2 is 2.05 bits per heavy atom. The van der Waals surface area contributed by atoms with E-state index < -0.39 is 0 Å². The van der Waals surface area contributed by atoms with Crippen molar-refractivity contribution in [3.8, 4) is 0 Å². The fourth-order valence-corrected chi connectivity index (χ4v) is 2.49. The fourth-order valence-electron chi connectivity index (χ4n) is 1.66. The molecule has 1 aromatic rings. The molecule has 0 aliphatic carbocycles. The Morgan fingerprint density at radius 3 is 2.79 bits per heavy atom. The van der Waals surface area contributed by atoms with Crippen LogP contribution >= 0.6 is 11.8 Å². The average Bonchev–Trinajstić information content (AvgIpc) is 2.42. The summed E-state index contributed by atoms with van der Waals surface area (Å²) in [6.07, 6.45) is 1.50. The Kier molecular flexibility index (Phi) is 8.20. The molecule has 0 atom stereocenters. The third-order valence-electron chi connectivity index (χ3n) is 2.63. The van der Waals surface area contributed by atoms with E-state index in [2.05, 4.69) is 5.32 Å². The summed E-state index contributed by atoms with van der Waals surface area (Å²) in [5.74, 6) is 1.97. The third kappa shape index (κ3) is 6.56. The molecule has 0 fully saturated rings. The predicted molar refractivity (Wildman–Crippen MR) is 78.7 cm³/mol. The zero-order valence-corrected chi connectivity index (χ0v) is 11.7. The van der Waals surface area contributed by atoms with Crippen molar-refractivity contribution in [1.82, 2.24) is 5.32 Å². The van der Waals surface area contributed by atoms with E-state index in [0.29, 0.717) is 6.42 Å². The maximum Gasteiger partial charge on any atom is 0.272 e. The number of nitrogens with one attached hydrogen (secondary N) is 1. The van der Waals surface area contributed by atoms with Crippen LogP contribution in [0, 0.1) is 10.1 Å². The minimum absolute atomic E-state index is 0.196. The van der Waals surface area contributed by atoms with Gasteiger partial charge in [-0.05, 0) is 25.1 Å². The van der Waals surface area contributed by atoms with Gasteiger partial charge in [0.05, 0.1) is 4.92 Å². The third-order valence-corrected chi connectivity index (χ3v) is 3.70. The SMILES string of the molecule is O=[N+]([O-])c1ccccc1CCNCCSCCCO. The van der Waals surface area contributed by atoms with Gasteiger partial charge in [-0.2, -0.15) is 11.8 Å². The number of benzene rings is 1. The van der Waals surface area contributed by atoms with Crippen molar-refractivity contribution in [1.29, 1.82) is 0 Å². The van der Waals surface area contributed by atoms with Gasteiger partial charge >= 0.3 is 0 Å². The molecule has 0 saturated heterocycles. The summed E-state index contributed by atoms with van der Waals surface area (Å²) >= 11 is 1.80. The number of thioether (sulfide) groups is 1. The first-order chi connectivity index (χ1) is 9.25. The van der Waals surface area contributed by atoms with Crippen LogP contribution in [0.4, 0.5) is 5.69 Å². The molecule has 0 aromatic heterocycles. The second kappa shape index (κ2) is 9.77. The first-order valence-corrected chi connectivity index (χ1v) is 7.53. The van der Waals surface area contributed by atoms with E-state index in [1.807, 2.05) is 6.07 Å². The molecule has 0 radical (unpaired) electrons. The van der Waals surface area contributed by atoms with Crippen LogP contribution in [0.1, 0.15) is 12.0 Å². The van der Waals surface area contributed by atoms with E-state index in [4.69, 9.17) is 5.11 Å². The van der Waals surface area contributed by atoms with Gasteiger partial charge in [-0.25, -0.2) is 0 Å². The summed E-state index contributed by atoms with van der Waals surface area (Å²) in [7, 11) is 0. The van der Waals surface area contributed by atoms with Crippen molar-refractivity contribution in [2.45, 2.75) is 12.8 Å². The topological polar surface area (TPSA) is 75.4 Å². The molecule has 19 heavy (non-hydrogen) atoms. The molecule has 0 saturated carbocycles. The van der Waals surface area contributed by atoms with Crippen molar-refractivity contribution >= 4 is 17.4 Å². The zero-order valence-electron chi connectivity index (χ0n) is 10.9. The molecule has 0 spiro atoms. The van der Waals surface area contributed by atoms with Crippen molar-refractivity contribution < 1.29 is 10.0 Å². The average molecular weight is 284 g/mol. The van der Waals surface area contributed by atoms with Crippen LogP contribution in [0.3, 0.4) is 0 Å². The lowest BCUT2D eigenvalue weighted by Crippen LogP contribution is -2.20. The number of hydrogen-bond donors (Lipinski definition) is 2. The molecule has 0 bridgehead atoms. The van der Waals surface area contributed by atoms with Crippen LogP contribution in [0.2, 0.25) is 0 Å². The van der Waals surface area contributed by atoms with E-state index >= 15 is 0 Å². The highest BCUT2D eigenvalue weighted by molar-refractivity contribution is 7.99. The summed E-state index contributed by atoms with van der Waals surface area (Å²) in [6.45, 7) is 1.88. The van der Waals surface area contributed by atoms with Gasteiger partial charge in [0.25, 0.3) is 5.69 Å². The largest absolute Gasteiger partial charge is 0.396 e. The molecular weight excluding hydrogens is 264 g/mol. The summed E-state index contributed by atoms with van der Waals surface area (Å²) in [5, 5.41) is 22.7. The molecule has 5 nitrogen and oxygen atoms in total. The van der Waals surface area contributed by atoms with Crippen molar-refractivity contribution in [3.05, 3.63) is 39.9 Å². The van der Waals surface area contributed by atoms with Crippen LogP contribution in [0.15, 0.2) is 24.3 Å². The van der Waals surface area contributed by atoms with Crippen LogP contribution in [0.25, 0.3) is 0 Å². The molecule has 1 aromatic carbocycles. The molecule has 0 heterocycles. The van der Waals surface area contributed by atoms with Crippen LogP contribution in [0.5, 0.6) is 0 Å². The van der Waals surface area contributed by atoms with Gasteiger partial charge in [0.2, 0.25) is 0 Å². The molecule has 0 aliphatic rings. The van der Waals surface area contributed by atoms with E-state index in [0.717, 1.165) is 36.6 Å². The lowest BCUT2D eigenvalue weighted by molar-refractivity contribution is -0.385. The number of nitro benzene ring substituents is 1. The van der Waals surface area contributed by atoms with Crippen molar-refractivity contribution in [2.75, 3.05) is 31.2 Å². The first kappa shape index (κ1) is 15.9. The van der Waals surface area contributed by atoms with Gasteiger partial charge < -0.3 is 10.4 Å². The minimum Gasteiger partial charge on any atom is -0.396 e. The van der Waals surface area contributed by atoms with E-state index in [1.54, 1.807) is 30.0 Å². The highest BCUT2D eigenvalue weighted by Gasteiger charge is 2.10. The number of rotatable bonds is 10. The lowest BCUT2D eigenvalue weighted by Gasteiger charge is -2.05. The first-order valence-electron chi connectivity index (χ1n) is 6.37. The molecular formula is C13H20N2O3S. The Labute approximate surface area is 117 Å². The Hall–Kier alpha value is -1.11. The molecule has 2 N–H and O–H groups in total. The van der Waals surface area contributed by atoms with Crippen molar-refractivity contribution in [3.63, 3.8) is 0 Å². The number of hydrogen-bond acceptors (Lipinski definition) is 5. The second-order valence-corrected chi connectivity index (χ2v) is 5.30. The highest BCUT2D eigenvalue weighted by atomic mass is 32.2. The summed E-state index contributed by atoms with van der Waals surface area (Å²) in [5.41, 5.74) is 0.967. The Bertz CT molecular complexity index is 388. The summed E-state index contributed by atoms with van der Waals surface area (Å²) < 4.78 is 0. The maximum absolute atomic E-state index is 10.8. The minimum atomic E-state index is -0.333. The predicted octanol–water partition coefficient (Wildman–Crippen LogP) is 1.84. The van der Waals surface area contributed by atoms with Gasteiger partial charge in [0.15, 0.2) is 0 Å². The highest BCUT2D eigenvalue weighted by Crippen LogP contribution is 2.17. The fraction of sp³-hybridized carbons (Fsp3) is 0.538. The van der Waals surface area contributed by atoms with Crippen LogP contribution in [-0.2, 0) is 6.42 Å². The quantitative estimate of drug-likeness (QED) is 0.389. The number of aliphatic hydroxyl groups is 1. The number of para-hydroxylation sites is 1. The zero-order chi connectivity index (χ0) is 13.9.